The van der Waals surface area contributed by atoms with Gasteiger partial charge in [-0.15, -0.1) is 0 Å². The SMILES string of the molecule is Cc1cc(-c2cccc(NC(=O)COc3ccccc3F)c2)n[nH]1. The third kappa shape index (κ3) is 3.78. The van der Waals surface area contributed by atoms with Crippen LogP contribution in [0.4, 0.5) is 10.1 Å². The van der Waals surface area contributed by atoms with Crippen molar-refractivity contribution in [1.29, 1.82) is 0 Å². The summed E-state index contributed by atoms with van der Waals surface area (Å²) in [5.41, 5.74) is 3.26. The fourth-order valence-electron chi connectivity index (χ4n) is 2.22. The summed E-state index contributed by atoms with van der Waals surface area (Å²) in [5.74, 6) is -0.816. The maximum Gasteiger partial charge on any atom is 0.262 e. The zero-order valence-corrected chi connectivity index (χ0v) is 13.0. The van der Waals surface area contributed by atoms with Crippen molar-refractivity contribution < 1.29 is 13.9 Å². The second kappa shape index (κ2) is 6.95. The molecule has 5 nitrogen and oxygen atoms in total. The Morgan fingerprint density at radius 3 is 2.79 bits per heavy atom. The van der Waals surface area contributed by atoms with Gasteiger partial charge >= 0.3 is 0 Å². The molecule has 3 rings (SSSR count). The molecular formula is C18H16FN3O2. The molecule has 0 spiro atoms. The number of hydrogen-bond donors (Lipinski definition) is 2. The van der Waals surface area contributed by atoms with Gasteiger partial charge in [0.1, 0.15) is 0 Å². The molecule has 0 atom stereocenters. The number of anilines is 1. The number of aromatic amines is 1. The number of rotatable bonds is 5. The van der Waals surface area contributed by atoms with Gasteiger partial charge in [0, 0.05) is 16.9 Å². The van der Waals surface area contributed by atoms with Gasteiger partial charge in [0.2, 0.25) is 0 Å². The third-order valence-corrected chi connectivity index (χ3v) is 3.34. The third-order valence-electron chi connectivity index (χ3n) is 3.34. The first-order chi connectivity index (χ1) is 11.6. The summed E-state index contributed by atoms with van der Waals surface area (Å²) in [6.07, 6.45) is 0. The predicted molar refractivity (Wildman–Crippen MR) is 89.3 cm³/mol. The lowest BCUT2D eigenvalue weighted by molar-refractivity contribution is -0.118. The number of nitrogens with zero attached hydrogens (tertiary/aromatic N) is 1. The van der Waals surface area contributed by atoms with E-state index in [2.05, 4.69) is 15.5 Å². The molecule has 3 aromatic rings. The van der Waals surface area contributed by atoms with E-state index in [0.29, 0.717) is 5.69 Å². The van der Waals surface area contributed by atoms with Crippen LogP contribution >= 0.6 is 0 Å². The standard InChI is InChI=1S/C18H16FN3O2/c1-12-9-16(22-21-12)13-5-4-6-14(10-13)20-18(23)11-24-17-8-3-2-7-15(17)19/h2-10H,11H2,1H3,(H,20,23)(H,21,22). The number of amides is 1. The molecule has 6 heteroatoms. The van der Waals surface area contributed by atoms with Gasteiger partial charge in [0.25, 0.3) is 5.91 Å². The van der Waals surface area contributed by atoms with Crippen LogP contribution in [0.3, 0.4) is 0 Å². The summed E-state index contributed by atoms with van der Waals surface area (Å²) in [5, 5.41) is 9.79. The first-order valence-electron chi connectivity index (χ1n) is 7.41. The van der Waals surface area contributed by atoms with Crippen molar-refractivity contribution in [3.63, 3.8) is 0 Å². The van der Waals surface area contributed by atoms with E-state index in [0.717, 1.165) is 17.0 Å². The average molecular weight is 325 g/mol. The van der Waals surface area contributed by atoms with Gasteiger partial charge in [-0.25, -0.2) is 4.39 Å². The predicted octanol–water partition coefficient (Wildman–Crippen LogP) is 3.54. The van der Waals surface area contributed by atoms with Gasteiger partial charge in [-0.05, 0) is 37.3 Å². The van der Waals surface area contributed by atoms with E-state index >= 15 is 0 Å². The highest BCUT2D eigenvalue weighted by Crippen LogP contribution is 2.21. The second-order valence-corrected chi connectivity index (χ2v) is 5.28. The van der Waals surface area contributed by atoms with Crippen LogP contribution in [0.15, 0.2) is 54.6 Å². The number of carbonyl (C=O) groups excluding carboxylic acids is 1. The van der Waals surface area contributed by atoms with Crippen LogP contribution in [0.1, 0.15) is 5.69 Å². The number of halogens is 1. The van der Waals surface area contributed by atoms with E-state index in [4.69, 9.17) is 4.74 Å². The molecule has 1 heterocycles. The lowest BCUT2D eigenvalue weighted by Crippen LogP contribution is -2.20. The monoisotopic (exact) mass is 325 g/mol. The van der Waals surface area contributed by atoms with Gasteiger partial charge in [0.05, 0.1) is 5.69 Å². The average Bonchev–Trinajstić information content (AvgIpc) is 3.01. The van der Waals surface area contributed by atoms with Crippen molar-refractivity contribution >= 4 is 11.6 Å². The maximum absolute atomic E-state index is 13.4. The maximum atomic E-state index is 13.4. The van der Waals surface area contributed by atoms with Gasteiger partial charge in [-0.3, -0.25) is 9.89 Å². The number of nitrogens with one attached hydrogen (secondary N) is 2. The Morgan fingerprint density at radius 1 is 1.21 bits per heavy atom. The molecule has 0 aliphatic carbocycles. The highest BCUT2D eigenvalue weighted by molar-refractivity contribution is 5.92. The van der Waals surface area contributed by atoms with E-state index in [-0.39, 0.29) is 18.3 Å². The number of H-pyrrole nitrogens is 1. The molecule has 2 aromatic carbocycles. The topological polar surface area (TPSA) is 67.0 Å². The van der Waals surface area contributed by atoms with Gasteiger partial charge in [0.15, 0.2) is 18.2 Å². The van der Waals surface area contributed by atoms with Crippen molar-refractivity contribution in [3.8, 4) is 17.0 Å². The van der Waals surface area contributed by atoms with Crippen LogP contribution in [0.5, 0.6) is 5.75 Å². The minimum Gasteiger partial charge on any atom is -0.481 e. The fraction of sp³-hybridized carbons (Fsp3) is 0.111. The van der Waals surface area contributed by atoms with Crippen LogP contribution in [0, 0.1) is 12.7 Å². The van der Waals surface area contributed by atoms with Gasteiger partial charge in [-0.1, -0.05) is 24.3 Å². The molecule has 0 radical (unpaired) electrons. The van der Waals surface area contributed by atoms with Crippen LogP contribution < -0.4 is 10.1 Å². The summed E-state index contributed by atoms with van der Waals surface area (Å²) in [6.45, 7) is 1.65. The number of carbonyl (C=O) groups is 1. The number of ether oxygens (including phenoxy) is 1. The van der Waals surface area contributed by atoms with Gasteiger partial charge in [-0.2, -0.15) is 5.10 Å². The Morgan fingerprint density at radius 2 is 2.04 bits per heavy atom. The minimum atomic E-state index is -0.499. The number of hydrogen-bond acceptors (Lipinski definition) is 3. The van der Waals surface area contributed by atoms with Gasteiger partial charge < -0.3 is 10.1 Å². The molecule has 2 N–H and O–H groups in total. The molecule has 0 aliphatic heterocycles. The number of aromatic nitrogens is 2. The smallest absolute Gasteiger partial charge is 0.262 e. The van der Waals surface area contributed by atoms with Crippen LogP contribution in [-0.2, 0) is 4.79 Å². The quantitative estimate of drug-likeness (QED) is 0.754. The summed E-state index contributed by atoms with van der Waals surface area (Å²) < 4.78 is 18.6. The molecule has 0 fully saturated rings. The Hall–Kier alpha value is -3.15. The van der Waals surface area contributed by atoms with Crippen molar-refractivity contribution in [2.45, 2.75) is 6.92 Å². The molecular weight excluding hydrogens is 309 g/mol. The summed E-state index contributed by atoms with van der Waals surface area (Å²) in [4.78, 5) is 12.0. The molecule has 0 aliphatic rings. The fourth-order valence-corrected chi connectivity index (χ4v) is 2.22. The van der Waals surface area contributed by atoms with E-state index < -0.39 is 5.82 Å². The molecule has 0 unspecified atom stereocenters. The largest absolute Gasteiger partial charge is 0.481 e. The van der Waals surface area contributed by atoms with Crippen molar-refractivity contribution in [2.75, 3.05) is 11.9 Å². The molecule has 122 valence electrons. The summed E-state index contributed by atoms with van der Waals surface area (Å²) in [6, 6.07) is 15.2. The first-order valence-corrected chi connectivity index (χ1v) is 7.41. The Bertz CT molecular complexity index is 861. The molecule has 24 heavy (non-hydrogen) atoms. The zero-order valence-electron chi connectivity index (χ0n) is 13.0. The highest BCUT2D eigenvalue weighted by Gasteiger charge is 2.08. The zero-order chi connectivity index (χ0) is 16.9. The minimum absolute atomic E-state index is 0.0494. The number of aryl methyl sites for hydroxylation is 1. The van der Waals surface area contributed by atoms with Crippen LogP contribution in [0.25, 0.3) is 11.3 Å². The summed E-state index contributed by atoms with van der Waals surface area (Å²) in [7, 11) is 0. The highest BCUT2D eigenvalue weighted by atomic mass is 19.1. The van der Waals surface area contributed by atoms with E-state index in [1.54, 1.807) is 18.2 Å². The van der Waals surface area contributed by atoms with E-state index in [1.807, 2.05) is 31.2 Å². The molecule has 0 saturated heterocycles. The molecule has 0 saturated carbocycles. The van der Waals surface area contributed by atoms with Crippen LogP contribution in [-0.4, -0.2) is 22.7 Å². The molecule has 0 bridgehead atoms. The molecule has 1 amide bonds. The Labute approximate surface area is 138 Å². The molecule has 1 aromatic heterocycles. The second-order valence-electron chi connectivity index (χ2n) is 5.28. The lowest BCUT2D eigenvalue weighted by Gasteiger charge is -2.09. The Kier molecular flexibility index (Phi) is 4.56. The lowest BCUT2D eigenvalue weighted by atomic mass is 10.1. The number of benzene rings is 2. The summed E-state index contributed by atoms with van der Waals surface area (Å²) >= 11 is 0. The first kappa shape index (κ1) is 15.7. The van der Waals surface area contributed by atoms with Crippen molar-refractivity contribution in [2.24, 2.45) is 0 Å². The van der Waals surface area contributed by atoms with E-state index in [1.165, 1.54) is 12.1 Å². The van der Waals surface area contributed by atoms with Crippen molar-refractivity contribution in [3.05, 3.63) is 66.1 Å². The Balaban J connectivity index is 1.63. The normalized spacial score (nSPS) is 10.4. The number of para-hydroxylation sites is 1. The van der Waals surface area contributed by atoms with Crippen molar-refractivity contribution in [1.82, 2.24) is 10.2 Å². The van der Waals surface area contributed by atoms with Crippen LogP contribution in [0.2, 0.25) is 0 Å². The van der Waals surface area contributed by atoms with E-state index in [9.17, 15) is 9.18 Å².